The molecule has 4 heteroatoms. The van der Waals surface area contributed by atoms with E-state index in [1.54, 1.807) is 0 Å². The maximum absolute atomic E-state index is 13.3. The van der Waals surface area contributed by atoms with Crippen molar-refractivity contribution in [3.05, 3.63) is 23.0 Å². The van der Waals surface area contributed by atoms with Crippen molar-refractivity contribution in [3.8, 4) is 0 Å². The second-order valence-corrected chi connectivity index (χ2v) is 5.15. The van der Waals surface area contributed by atoms with Crippen molar-refractivity contribution in [1.29, 1.82) is 0 Å². The van der Waals surface area contributed by atoms with Gasteiger partial charge in [0.1, 0.15) is 5.82 Å². The van der Waals surface area contributed by atoms with Crippen molar-refractivity contribution in [3.63, 3.8) is 0 Å². The Hall–Kier alpha value is -0.960. The van der Waals surface area contributed by atoms with Crippen LogP contribution in [0.25, 0.3) is 0 Å². The first-order valence-corrected chi connectivity index (χ1v) is 6.53. The van der Waals surface area contributed by atoms with Crippen LogP contribution in [0.2, 0.25) is 5.02 Å². The highest BCUT2D eigenvalue weighted by Crippen LogP contribution is 2.28. The van der Waals surface area contributed by atoms with E-state index in [0.29, 0.717) is 17.3 Å². The number of benzene rings is 1. The number of hydrogen-bond donors (Lipinski definition) is 2. The molecule has 1 aromatic carbocycles. The minimum atomic E-state index is -0.424. The molecule has 1 aromatic rings. The first-order valence-electron chi connectivity index (χ1n) is 6.15. The van der Waals surface area contributed by atoms with E-state index in [2.05, 4.69) is 5.32 Å². The van der Waals surface area contributed by atoms with Gasteiger partial charge in [-0.05, 0) is 24.8 Å². The number of rotatable bonds is 3. The van der Waals surface area contributed by atoms with Gasteiger partial charge in [0.25, 0.3) is 0 Å². The van der Waals surface area contributed by atoms with Crippen molar-refractivity contribution in [2.24, 2.45) is 5.92 Å². The van der Waals surface area contributed by atoms with Crippen LogP contribution >= 0.6 is 11.6 Å². The molecule has 0 bridgehead atoms. The molecule has 1 aliphatic rings. The zero-order valence-electron chi connectivity index (χ0n) is 9.81. The number of nitrogen functional groups attached to an aromatic ring is 1. The molecule has 1 saturated carbocycles. The van der Waals surface area contributed by atoms with Crippen molar-refractivity contribution < 1.29 is 4.39 Å². The summed E-state index contributed by atoms with van der Waals surface area (Å²) in [5.41, 5.74) is 6.95. The number of anilines is 2. The zero-order chi connectivity index (χ0) is 12.3. The molecule has 17 heavy (non-hydrogen) atoms. The van der Waals surface area contributed by atoms with Crippen LogP contribution in [0.1, 0.15) is 32.1 Å². The predicted molar refractivity (Wildman–Crippen MR) is 70.9 cm³/mol. The minimum absolute atomic E-state index is 0.0747. The molecule has 0 heterocycles. The van der Waals surface area contributed by atoms with Gasteiger partial charge in [0.15, 0.2) is 0 Å². The number of hydrogen-bond acceptors (Lipinski definition) is 2. The van der Waals surface area contributed by atoms with Gasteiger partial charge in [-0.25, -0.2) is 4.39 Å². The zero-order valence-corrected chi connectivity index (χ0v) is 10.6. The van der Waals surface area contributed by atoms with Crippen molar-refractivity contribution in [2.75, 3.05) is 17.6 Å². The monoisotopic (exact) mass is 256 g/mol. The molecule has 2 rings (SSSR count). The van der Waals surface area contributed by atoms with E-state index >= 15 is 0 Å². The van der Waals surface area contributed by atoms with E-state index in [0.717, 1.165) is 6.54 Å². The van der Waals surface area contributed by atoms with Gasteiger partial charge in [0, 0.05) is 12.6 Å². The van der Waals surface area contributed by atoms with E-state index in [-0.39, 0.29) is 5.02 Å². The Labute approximate surface area is 106 Å². The molecular formula is C13H18ClFN2. The molecule has 0 amide bonds. The van der Waals surface area contributed by atoms with E-state index in [1.807, 2.05) is 0 Å². The molecule has 0 spiro atoms. The smallest absolute Gasteiger partial charge is 0.143 e. The second kappa shape index (κ2) is 5.58. The molecule has 0 unspecified atom stereocenters. The molecular weight excluding hydrogens is 239 g/mol. The summed E-state index contributed by atoms with van der Waals surface area (Å²) < 4.78 is 13.3. The van der Waals surface area contributed by atoms with Gasteiger partial charge in [-0.3, -0.25) is 0 Å². The van der Waals surface area contributed by atoms with Crippen LogP contribution in [-0.4, -0.2) is 6.54 Å². The number of nitrogens with two attached hydrogens (primary N) is 1. The Morgan fingerprint density at radius 2 is 2.00 bits per heavy atom. The lowest BCUT2D eigenvalue weighted by molar-refractivity contribution is 0.373. The van der Waals surface area contributed by atoms with Gasteiger partial charge in [-0.1, -0.05) is 30.9 Å². The maximum atomic E-state index is 13.3. The molecule has 0 aromatic heterocycles. The summed E-state index contributed by atoms with van der Waals surface area (Å²) in [4.78, 5) is 0. The Morgan fingerprint density at radius 3 is 2.71 bits per heavy atom. The molecule has 2 nitrogen and oxygen atoms in total. The van der Waals surface area contributed by atoms with Crippen LogP contribution in [0.5, 0.6) is 0 Å². The van der Waals surface area contributed by atoms with Crippen LogP contribution in [0.3, 0.4) is 0 Å². The fourth-order valence-electron chi connectivity index (χ4n) is 2.36. The van der Waals surface area contributed by atoms with Crippen molar-refractivity contribution >= 4 is 23.0 Å². The second-order valence-electron chi connectivity index (χ2n) is 4.74. The highest BCUT2D eigenvalue weighted by molar-refractivity contribution is 6.31. The molecule has 1 aliphatic carbocycles. The summed E-state index contributed by atoms with van der Waals surface area (Å²) in [6.07, 6.45) is 6.45. The van der Waals surface area contributed by atoms with Gasteiger partial charge in [-0.2, -0.15) is 0 Å². The lowest BCUT2D eigenvalue weighted by Crippen LogP contribution is -2.17. The Kier molecular flexibility index (Phi) is 4.11. The van der Waals surface area contributed by atoms with Crippen LogP contribution in [0.15, 0.2) is 12.1 Å². The largest absolute Gasteiger partial charge is 0.397 e. The molecule has 0 radical (unpaired) electrons. The SMILES string of the molecule is Nc1cc(Cl)c(F)cc1NCC1CCCCC1. The lowest BCUT2D eigenvalue weighted by Gasteiger charge is -2.22. The number of halogens is 2. The van der Waals surface area contributed by atoms with Crippen LogP contribution in [0.4, 0.5) is 15.8 Å². The highest BCUT2D eigenvalue weighted by Gasteiger charge is 2.14. The van der Waals surface area contributed by atoms with Gasteiger partial charge in [-0.15, -0.1) is 0 Å². The fraction of sp³-hybridized carbons (Fsp3) is 0.538. The van der Waals surface area contributed by atoms with Gasteiger partial charge in [0.2, 0.25) is 0 Å². The Morgan fingerprint density at radius 1 is 1.29 bits per heavy atom. The third-order valence-electron chi connectivity index (χ3n) is 3.40. The van der Waals surface area contributed by atoms with Crippen LogP contribution in [-0.2, 0) is 0 Å². The third-order valence-corrected chi connectivity index (χ3v) is 3.69. The average molecular weight is 257 g/mol. The van der Waals surface area contributed by atoms with E-state index < -0.39 is 5.82 Å². The van der Waals surface area contributed by atoms with E-state index in [4.69, 9.17) is 17.3 Å². The quantitative estimate of drug-likeness (QED) is 0.801. The van der Waals surface area contributed by atoms with Crippen molar-refractivity contribution in [1.82, 2.24) is 0 Å². The molecule has 0 aliphatic heterocycles. The van der Waals surface area contributed by atoms with E-state index in [9.17, 15) is 4.39 Å². The lowest BCUT2D eigenvalue weighted by atomic mass is 9.89. The van der Waals surface area contributed by atoms with Gasteiger partial charge < -0.3 is 11.1 Å². The minimum Gasteiger partial charge on any atom is -0.397 e. The standard InChI is InChI=1S/C13H18ClFN2/c14-10-6-12(16)13(7-11(10)15)17-8-9-4-2-1-3-5-9/h6-7,9,17H,1-5,8,16H2. The highest BCUT2D eigenvalue weighted by atomic mass is 35.5. The third kappa shape index (κ3) is 3.25. The van der Waals surface area contributed by atoms with Gasteiger partial charge in [0.05, 0.1) is 16.4 Å². The first-order chi connectivity index (χ1) is 8.16. The number of nitrogens with one attached hydrogen (secondary N) is 1. The fourth-order valence-corrected chi connectivity index (χ4v) is 2.53. The molecule has 0 saturated heterocycles. The molecule has 3 N–H and O–H groups in total. The Balaban J connectivity index is 1.96. The molecule has 0 atom stereocenters. The summed E-state index contributed by atoms with van der Waals surface area (Å²) in [6, 6.07) is 2.83. The normalized spacial score (nSPS) is 17.1. The maximum Gasteiger partial charge on any atom is 0.143 e. The first kappa shape index (κ1) is 12.5. The predicted octanol–water partition coefficient (Wildman–Crippen LogP) is 4.05. The summed E-state index contributed by atoms with van der Waals surface area (Å²) >= 11 is 5.65. The van der Waals surface area contributed by atoms with Crippen LogP contribution in [0, 0.1) is 11.7 Å². The summed E-state index contributed by atoms with van der Waals surface area (Å²) in [6.45, 7) is 0.866. The molecule has 94 valence electrons. The summed E-state index contributed by atoms with van der Waals surface area (Å²) in [7, 11) is 0. The topological polar surface area (TPSA) is 38.0 Å². The molecule has 1 fully saturated rings. The van der Waals surface area contributed by atoms with Crippen LogP contribution < -0.4 is 11.1 Å². The summed E-state index contributed by atoms with van der Waals surface area (Å²) in [5, 5.41) is 3.30. The van der Waals surface area contributed by atoms with Gasteiger partial charge >= 0.3 is 0 Å². The Bertz CT molecular complexity index is 389. The van der Waals surface area contributed by atoms with Crippen molar-refractivity contribution in [2.45, 2.75) is 32.1 Å². The average Bonchev–Trinajstić information content (AvgIpc) is 2.33. The van der Waals surface area contributed by atoms with E-state index in [1.165, 1.54) is 44.2 Å². The summed E-state index contributed by atoms with van der Waals surface area (Å²) in [5.74, 6) is 0.258.